The summed E-state index contributed by atoms with van der Waals surface area (Å²) in [5.41, 5.74) is 1.10. The van der Waals surface area contributed by atoms with Crippen LogP contribution < -0.4 is 10.6 Å². The van der Waals surface area contributed by atoms with Crippen molar-refractivity contribution in [1.82, 2.24) is 15.6 Å². The minimum atomic E-state index is 0.366. The van der Waals surface area contributed by atoms with Crippen LogP contribution in [0.25, 0.3) is 10.6 Å². The molecule has 0 aliphatic carbocycles. The van der Waals surface area contributed by atoms with Crippen molar-refractivity contribution in [2.24, 2.45) is 4.99 Å². The Hall–Kier alpha value is -1.44. The molecular weight excluding hydrogens is 352 g/mol. The van der Waals surface area contributed by atoms with Gasteiger partial charge in [-0.25, -0.2) is 4.98 Å². The lowest BCUT2D eigenvalue weighted by Crippen LogP contribution is -2.47. The second-order valence-electron chi connectivity index (χ2n) is 6.63. The molecule has 134 valence electrons. The molecule has 4 rings (SSSR count). The predicted octanol–water partition coefficient (Wildman–Crippen LogP) is 3.21. The molecule has 2 fully saturated rings. The highest BCUT2D eigenvalue weighted by molar-refractivity contribution is 7.16. The van der Waals surface area contributed by atoms with Crippen molar-refractivity contribution < 1.29 is 4.74 Å². The number of nitrogens with one attached hydrogen (secondary N) is 2. The summed E-state index contributed by atoms with van der Waals surface area (Å²) in [4.78, 5) is 11.5. The zero-order valence-electron chi connectivity index (χ0n) is 14.6. The van der Waals surface area contributed by atoms with Gasteiger partial charge in [0.15, 0.2) is 5.96 Å². The quantitative estimate of drug-likeness (QED) is 0.621. The van der Waals surface area contributed by atoms with Crippen LogP contribution in [0.2, 0.25) is 0 Å². The highest BCUT2D eigenvalue weighted by Gasteiger charge is 2.41. The molecule has 0 amide bonds. The summed E-state index contributed by atoms with van der Waals surface area (Å²) in [5, 5.41) is 10.2. The molecule has 5 nitrogen and oxygen atoms in total. The molecule has 25 heavy (non-hydrogen) atoms. The molecule has 0 spiro atoms. The van der Waals surface area contributed by atoms with Crippen molar-refractivity contribution in [2.45, 2.75) is 50.9 Å². The first-order valence-electron chi connectivity index (χ1n) is 8.85. The number of rotatable bonds is 5. The predicted molar refractivity (Wildman–Crippen MR) is 105 cm³/mol. The summed E-state index contributed by atoms with van der Waals surface area (Å²) < 4.78 is 5.90. The normalized spacial score (nSPS) is 25.5. The smallest absolute Gasteiger partial charge is 0.191 e. The van der Waals surface area contributed by atoms with Gasteiger partial charge in [-0.1, -0.05) is 0 Å². The second kappa shape index (κ2) is 7.43. The molecule has 2 aliphatic heterocycles. The number of ether oxygens (including phenoxy) is 1. The number of thiazole rings is 1. The van der Waals surface area contributed by atoms with Crippen LogP contribution in [0.3, 0.4) is 0 Å². The lowest BCUT2D eigenvalue weighted by atomic mass is 9.96. The van der Waals surface area contributed by atoms with Crippen LogP contribution in [0.1, 0.15) is 29.1 Å². The fourth-order valence-corrected chi connectivity index (χ4v) is 5.25. The summed E-state index contributed by atoms with van der Waals surface area (Å²) in [5.74, 6) is 0.882. The molecule has 0 aromatic carbocycles. The fraction of sp³-hybridized carbons (Fsp3) is 0.556. The second-order valence-corrected chi connectivity index (χ2v) is 8.86. The molecule has 3 unspecified atom stereocenters. The number of fused-ring (bicyclic) bond motifs is 2. The van der Waals surface area contributed by atoms with Gasteiger partial charge < -0.3 is 15.4 Å². The van der Waals surface area contributed by atoms with E-state index in [1.165, 1.54) is 22.6 Å². The highest BCUT2D eigenvalue weighted by atomic mass is 32.1. The van der Waals surface area contributed by atoms with E-state index in [1.807, 2.05) is 25.3 Å². The van der Waals surface area contributed by atoms with Gasteiger partial charge in [-0.05, 0) is 44.7 Å². The van der Waals surface area contributed by atoms with E-state index in [9.17, 15) is 0 Å². The Labute approximate surface area is 156 Å². The first kappa shape index (κ1) is 17.0. The van der Waals surface area contributed by atoms with E-state index >= 15 is 0 Å². The van der Waals surface area contributed by atoms with Crippen molar-refractivity contribution in [3.8, 4) is 10.6 Å². The Morgan fingerprint density at radius 2 is 2.32 bits per heavy atom. The molecule has 2 aromatic heterocycles. The number of aliphatic imine (C=N–C) groups is 1. The third kappa shape index (κ3) is 3.88. The van der Waals surface area contributed by atoms with Gasteiger partial charge in [0.2, 0.25) is 0 Å². The third-order valence-corrected chi connectivity index (χ3v) is 6.79. The highest BCUT2D eigenvalue weighted by Crippen LogP contribution is 2.34. The number of aromatic nitrogens is 1. The van der Waals surface area contributed by atoms with Crippen LogP contribution in [-0.2, 0) is 11.2 Å². The molecule has 0 saturated carbocycles. The van der Waals surface area contributed by atoms with E-state index in [1.54, 1.807) is 11.3 Å². The molecule has 7 heteroatoms. The minimum absolute atomic E-state index is 0.366. The summed E-state index contributed by atoms with van der Waals surface area (Å²) in [6.45, 7) is 2.92. The van der Waals surface area contributed by atoms with Gasteiger partial charge in [0.1, 0.15) is 0 Å². The number of thiophene rings is 1. The average molecular weight is 377 g/mol. The zero-order valence-corrected chi connectivity index (χ0v) is 16.3. The van der Waals surface area contributed by atoms with Gasteiger partial charge in [0.05, 0.1) is 33.8 Å². The number of hydrogen-bond acceptors (Lipinski definition) is 5. The van der Waals surface area contributed by atoms with Gasteiger partial charge in [-0.15, -0.1) is 22.7 Å². The van der Waals surface area contributed by atoms with Gasteiger partial charge in [-0.2, -0.15) is 0 Å². The molecule has 2 N–H and O–H groups in total. The van der Waals surface area contributed by atoms with E-state index in [-0.39, 0.29) is 0 Å². The Morgan fingerprint density at radius 1 is 1.40 bits per heavy atom. The topological polar surface area (TPSA) is 58.5 Å². The van der Waals surface area contributed by atoms with Crippen molar-refractivity contribution >= 4 is 28.6 Å². The van der Waals surface area contributed by atoms with Crippen LogP contribution >= 0.6 is 22.7 Å². The number of guanidine groups is 1. The Morgan fingerprint density at radius 3 is 3.00 bits per heavy atom. The van der Waals surface area contributed by atoms with Crippen LogP contribution in [0.15, 0.2) is 22.5 Å². The zero-order chi connectivity index (χ0) is 17.2. The van der Waals surface area contributed by atoms with E-state index in [4.69, 9.17) is 4.74 Å². The molecular formula is C18H24N4OS2. The maximum absolute atomic E-state index is 5.90. The lowest BCUT2D eigenvalue weighted by Gasteiger charge is -2.22. The number of aryl methyl sites for hydroxylation is 1. The summed E-state index contributed by atoms with van der Waals surface area (Å²) in [7, 11) is 1.83. The Balaban J connectivity index is 1.26. The fourth-order valence-electron chi connectivity index (χ4n) is 3.59. The summed E-state index contributed by atoms with van der Waals surface area (Å²) in [6, 6.07) is 4.79. The number of nitrogens with zero attached hydrogens (tertiary/aromatic N) is 2. The maximum Gasteiger partial charge on any atom is 0.191 e. The van der Waals surface area contributed by atoms with Gasteiger partial charge >= 0.3 is 0 Å². The van der Waals surface area contributed by atoms with E-state index < -0.39 is 0 Å². The first-order valence-corrected chi connectivity index (χ1v) is 10.5. The summed E-state index contributed by atoms with van der Waals surface area (Å²) >= 11 is 3.53. The molecule has 4 heterocycles. The first-order chi connectivity index (χ1) is 12.2. The van der Waals surface area contributed by atoms with Crippen molar-refractivity contribution in [3.63, 3.8) is 0 Å². The lowest BCUT2D eigenvalue weighted by molar-refractivity contribution is 0.0992. The Bertz CT molecular complexity index is 754. The van der Waals surface area contributed by atoms with E-state index in [2.05, 4.69) is 38.1 Å². The van der Waals surface area contributed by atoms with Crippen LogP contribution in [0.5, 0.6) is 0 Å². The van der Waals surface area contributed by atoms with Crippen molar-refractivity contribution in [3.05, 3.63) is 27.4 Å². The van der Waals surface area contributed by atoms with Crippen LogP contribution in [-0.4, -0.2) is 42.8 Å². The molecule has 2 saturated heterocycles. The number of hydrogen-bond donors (Lipinski definition) is 2. The SMILES string of the molecule is CN=C(NCCc1ccc(-c2csc(C)n2)s1)NC1CC2CCC1O2. The monoisotopic (exact) mass is 376 g/mol. The third-order valence-electron chi connectivity index (χ3n) is 4.85. The minimum Gasteiger partial charge on any atom is -0.373 e. The van der Waals surface area contributed by atoms with Gasteiger partial charge in [-0.3, -0.25) is 4.99 Å². The molecule has 3 atom stereocenters. The van der Waals surface area contributed by atoms with E-state index in [0.717, 1.165) is 36.0 Å². The molecule has 2 aliphatic rings. The average Bonchev–Trinajstić information content (AvgIpc) is 3.38. The van der Waals surface area contributed by atoms with Crippen molar-refractivity contribution in [2.75, 3.05) is 13.6 Å². The van der Waals surface area contributed by atoms with E-state index in [0.29, 0.717) is 18.2 Å². The Kier molecular flexibility index (Phi) is 5.05. The summed E-state index contributed by atoms with van der Waals surface area (Å²) in [6.07, 6.45) is 5.31. The van der Waals surface area contributed by atoms with Crippen LogP contribution in [0, 0.1) is 6.92 Å². The molecule has 2 bridgehead atoms. The maximum atomic E-state index is 5.90. The van der Waals surface area contributed by atoms with Crippen molar-refractivity contribution in [1.29, 1.82) is 0 Å². The standard InChI is InChI=1S/C18H24N4OS2/c1-11-21-15(10-24-11)17-6-4-13(25-17)7-8-20-18(19-2)22-14-9-12-3-5-16(14)23-12/h4,6,10,12,14,16H,3,5,7-9H2,1-2H3,(H2,19,20,22). The molecule has 0 radical (unpaired) electrons. The van der Waals surface area contributed by atoms with Gasteiger partial charge in [0, 0.05) is 23.8 Å². The van der Waals surface area contributed by atoms with Gasteiger partial charge in [0.25, 0.3) is 0 Å². The van der Waals surface area contributed by atoms with Crippen LogP contribution in [0.4, 0.5) is 0 Å². The molecule has 2 aromatic rings. The largest absolute Gasteiger partial charge is 0.373 e.